The molecule has 2 nitrogen and oxygen atoms in total. The number of carbonyl (C=O) groups is 1. The Bertz CT molecular complexity index is 442. The van der Waals surface area contributed by atoms with Crippen molar-refractivity contribution < 1.29 is 4.79 Å². The number of hydrogen-bond donors (Lipinski definition) is 0. The van der Waals surface area contributed by atoms with Crippen molar-refractivity contribution in [3.8, 4) is 0 Å². The summed E-state index contributed by atoms with van der Waals surface area (Å²) in [6.45, 7) is 7.02. The fourth-order valence-corrected chi connectivity index (χ4v) is 2.38. The second-order valence-electron chi connectivity index (χ2n) is 4.17. The van der Waals surface area contributed by atoms with Gasteiger partial charge in [-0.15, -0.1) is 0 Å². The summed E-state index contributed by atoms with van der Waals surface area (Å²) in [6, 6.07) is 5.90. The van der Waals surface area contributed by atoms with Crippen LogP contribution in [0.2, 0.25) is 5.02 Å². The van der Waals surface area contributed by atoms with Crippen molar-refractivity contribution in [2.75, 3.05) is 6.54 Å². The van der Waals surface area contributed by atoms with Gasteiger partial charge in [0.1, 0.15) is 0 Å². The van der Waals surface area contributed by atoms with Gasteiger partial charge in [-0.3, -0.25) is 4.79 Å². The number of carbonyl (C=O) groups excluding carboxylic acids is 1. The number of halogens is 1. The topological polar surface area (TPSA) is 20.3 Å². The van der Waals surface area contributed by atoms with E-state index in [0.29, 0.717) is 12.5 Å². The van der Waals surface area contributed by atoms with Crippen LogP contribution in [-0.4, -0.2) is 17.4 Å². The highest BCUT2D eigenvalue weighted by molar-refractivity contribution is 6.30. The Labute approximate surface area is 101 Å². The van der Waals surface area contributed by atoms with Crippen LogP contribution in [0.1, 0.15) is 24.0 Å². The lowest BCUT2D eigenvalue weighted by molar-refractivity contribution is -0.127. The number of amides is 1. The molecule has 1 heterocycles. The van der Waals surface area contributed by atoms with Crippen LogP contribution in [0.4, 0.5) is 0 Å². The maximum atomic E-state index is 11.6. The zero-order valence-corrected chi connectivity index (χ0v) is 10.00. The van der Waals surface area contributed by atoms with Gasteiger partial charge in [-0.05, 0) is 35.3 Å². The van der Waals surface area contributed by atoms with Gasteiger partial charge in [0.15, 0.2) is 0 Å². The maximum absolute atomic E-state index is 11.6. The van der Waals surface area contributed by atoms with E-state index in [1.165, 1.54) is 11.6 Å². The van der Waals surface area contributed by atoms with Gasteiger partial charge in [-0.25, -0.2) is 0 Å². The van der Waals surface area contributed by atoms with Crippen LogP contribution in [0.5, 0.6) is 0 Å². The molecule has 0 aliphatic carbocycles. The van der Waals surface area contributed by atoms with Gasteiger partial charge >= 0.3 is 0 Å². The second kappa shape index (κ2) is 4.30. The predicted molar refractivity (Wildman–Crippen MR) is 65.5 cm³/mol. The molecule has 84 valence electrons. The predicted octanol–water partition coefficient (Wildman–Crippen LogP) is 2.97. The highest BCUT2D eigenvalue weighted by Crippen LogP contribution is 2.29. The van der Waals surface area contributed by atoms with Gasteiger partial charge in [0.25, 0.3) is 0 Å². The molecular weight excluding hydrogens is 222 g/mol. The Hall–Kier alpha value is -1.28. The molecule has 3 heteroatoms. The third kappa shape index (κ3) is 1.98. The van der Waals surface area contributed by atoms with Crippen molar-refractivity contribution in [1.82, 2.24) is 4.90 Å². The molecule has 1 amide bonds. The molecule has 16 heavy (non-hydrogen) atoms. The van der Waals surface area contributed by atoms with Crippen LogP contribution in [-0.2, 0) is 11.3 Å². The second-order valence-corrected chi connectivity index (χ2v) is 4.60. The minimum absolute atomic E-state index is 0.0162. The molecule has 0 saturated heterocycles. The molecule has 1 atom stereocenters. The third-order valence-electron chi connectivity index (χ3n) is 2.98. The third-order valence-corrected chi connectivity index (χ3v) is 3.21. The lowest BCUT2D eigenvalue weighted by atomic mass is 9.91. The summed E-state index contributed by atoms with van der Waals surface area (Å²) in [5, 5.41) is 0.721. The number of fused-ring (bicyclic) bond motifs is 1. The van der Waals surface area contributed by atoms with E-state index in [-0.39, 0.29) is 5.91 Å². The summed E-state index contributed by atoms with van der Waals surface area (Å²) in [6.07, 6.45) is 1.36. The summed E-state index contributed by atoms with van der Waals surface area (Å²) >= 11 is 5.96. The maximum Gasteiger partial charge on any atom is 0.246 e. The first-order chi connectivity index (χ1) is 7.61. The standard InChI is InChI=1S/C13H14ClNO/c1-3-13(16)15-7-9(2)12-5-4-11(14)6-10(12)8-15/h3-6,9H,1,7-8H2,2H3/t9-/m1/s1. The Kier molecular flexibility index (Phi) is 3.01. The number of benzene rings is 1. The zero-order valence-electron chi connectivity index (χ0n) is 9.24. The summed E-state index contributed by atoms with van der Waals surface area (Å²) in [5.41, 5.74) is 2.43. The molecule has 1 aromatic carbocycles. The largest absolute Gasteiger partial charge is 0.334 e. The molecule has 0 fully saturated rings. The molecule has 2 rings (SSSR count). The van der Waals surface area contributed by atoms with Crippen molar-refractivity contribution in [2.45, 2.75) is 19.4 Å². The first kappa shape index (κ1) is 11.2. The number of rotatable bonds is 1. The van der Waals surface area contributed by atoms with Crippen molar-refractivity contribution in [1.29, 1.82) is 0 Å². The average Bonchev–Trinajstić information content (AvgIpc) is 2.27. The smallest absolute Gasteiger partial charge is 0.246 e. The number of nitrogens with zero attached hydrogens (tertiary/aromatic N) is 1. The van der Waals surface area contributed by atoms with Gasteiger partial charge in [0.2, 0.25) is 5.91 Å². The van der Waals surface area contributed by atoms with E-state index >= 15 is 0 Å². The number of hydrogen-bond acceptors (Lipinski definition) is 1. The summed E-state index contributed by atoms with van der Waals surface area (Å²) in [5.74, 6) is 0.336. The molecule has 1 aliphatic heterocycles. The van der Waals surface area contributed by atoms with E-state index < -0.39 is 0 Å². The summed E-state index contributed by atoms with van der Waals surface area (Å²) in [7, 11) is 0. The average molecular weight is 236 g/mol. The summed E-state index contributed by atoms with van der Waals surface area (Å²) < 4.78 is 0. The quantitative estimate of drug-likeness (QED) is 0.686. The Morgan fingerprint density at radius 3 is 3.06 bits per heavy atom. The molecule has 0 bridgehead atoms. The molecule has 0 aromatic heterocycles. The van der Waals surface area contributed by atoms with Crippen molar-refractivity contribution >= 4 is 17.5 Å². The molecule has 1 aromatic rings. The first-order valence-electron chi connectivity index (χ1n) is 5.31. The monoisotopic (exact) mass is 235 g/mol. The fraction of sp³-hybridized carbons (Fsp3) is 0.308. The van der Waals surface area contributed by atoms with E-state index in [0.717, 1.165) is 17.1 Å². The molecule has 0 N–H and O–H groups in total. The van der Waals surface area contributed by atoms with Crippen molar-refractivity contribution in [3.63, 3.8) is 0 Å². The van der Waals surface area contributed by atoms with E-state index in [1.54, 1.807) is 4.90 Å². The van der Waals surface area contributed by atoms with E-state index in [2.05, 4.69) is 19.6 Å². The fourth-order valence-electron chi connectivity index (χ4n) is 2.19. The van der Waals surface area contributed by atoms with Gasteiger partial charge < -0.3 is 4.90 Å². The van der Waals surface area contributed by atoms with Gasteiger partial charge in [0.05, 0.1) is 0 Å². The zero-order chi connectivity index (χ0) is 11.7. The molecule has 0 unspecified atom stereocenters. The highest BCUT2D eigenvalue weighted by Gasteiger charge is 2.24. The van der Waals surface area contributed by atoms with Crippen LogP contribution >= 0.6 is 11.6 Å². The van der Waals surface area contributed by atoms with E-state index in [9.17, 15) is 4.79 Å². The SMILES string of the molecule is C=CC(=O)N1Cc2cc(Cl)ccc2[C@H](C)C1. The molecule has 0 saturated carbocycles. The van der Waals surface area contributed by atoms with Gasteiger partial charge in [0, 0.05) is 18.1 Å². The van der Waals surface area contributed by atoms with Crippen molar-refractivity contribution in [3.05, 3.63) is 47.0 Å². The Morgan fingerprint density at radius 2 is 2.38 bits per heavy atom. The molecular formula is C13H14ClNO. The van der Waals surface area contributed by atoms with E-state index in [1.807, 2.05) is 12.1 Å². The van der Waals surface area contributed by atoms with Crippen LogP contribution in [0.25, 0.3) is 0 Å². The van der Waals surface area contributed by atoms with E-state index in [4.69, 9.17) is 11.6 Å². The van der Waals surface area contributed by atoms with Gasteiger partial charge in [-0.1, -0.05) is 31.2 Å². The summed E-state index contributed by atoms with van der Waals surface area (Å²) in [4.78, 5) is 13.4. The van der Waals surface area contributed by atoms with Crippen LogP contribution in [0.15, 0.2) is 30.9 Å². The van der Waals surface area contributed by atoms with Crippen LogP contribution in [0.3, 0.4) is 0 Å². The minimum atomic E-state index is -0.0162. The van der Waals surface area contributed by atoms with Crippen molar-refractivity contribution in [2.24, 2.45) is 0 Å². The van der Waals surface area contributed by atoms with Crippen LogP contribution < -0.4 is 0 Å². The first-order valence-corrected chi connectivity index (χ1v) is 5.69. The lowest BCUT2D eigenvalue weighted by Gasteiger charge is -2.32. The highest BCUT2D eigenvalue weighted by atomic mass is 35.5. The normalized spacial score (nSPS) is 19.1. The molecule has 1 aliphatic rings. The Balaban J connectivity index is 2.34. The Morgan fingerprint density at radius 1 is 1.62 bits per heavy atom. The minimum Gasteiger partial charge on any atom is -0.334 e. The molecule has 0 spiro atoms. The lowest BCUT2D eigenvalue weighted by Crippen LogP contribution is -2.36. The van der Waals surface area contributed by atoms with Gasteiger partial charge in [-0.2, -0.15) is 0 Å². The molecule has 0 radical (unpaired) electrons. The van der Waals surface area contributed by atoms with Crippen LogP contribution in [0, 0.1) is 0 Å².